The first kappa shape index (κ1) is 17.6. The fraction of sp³-hybridized carbons (Fsp3) is 0.579. The Morgan fingerprint density at radius 2 is 1.64 bits per heavy atom. The molecule has 148 valence electrons. The number of amides is 1. The zero-order chi connectivity index (χ0) is 19.5. The molecule has 9 heteroatoms. The molecule has 4 aliphatic rings. The number of hydrogen-bond acceptors (Lipinski definition) is 4. The lowest BCUT2D eigenvalue weighted by Crippen LogP contribution is -2.55. The predicted molar refractivity (Wildman–Crippen MR) is 92.5 cm³/mol. The summed E-state index contributed by atoms with van der Waals surface area (Å²) in [7, 11) is 0. The van der Waals surface area contributed by atoms with Crippen LogP contribution >= 0.6 is 0 Å². The van der Waals surface area contributed by atoms with E-state index in [2.05, 4.69) is 20.4 Å². The summed E-state index contributed by atoms with van der Waals surface area (Å²) in [6.45, 7) is 0. The van der Waals surface area contributed by atoms with E-state index >= 15 is 0 Å². The number of aromatic nitrogens is 4. The standard InChI is InChI=1S/C19H20F3N5O/c20-19(21,22)16-14(9-27(26-16)18-23-2-1-3-24-18)17(28)25-15-12-5-10-4-11(7-12)8-13(15)6-10/h1-3,9-13,15H,4-8H2,(H,25,28). The summed E-state index contributed by atoms with van der Waals surface area (Å²) in [6, 6.07) is 1.51. The van der Waals surface area contributed by atoms with Crippen molar-refractivity contribution in [3.8, 4) is 5.95 Å². The third kappa shape index (κ3) is 2.97. The van der Waals surface area contributed by atoms with E-state index < -0.39 is 23.3 Å². The van der Waals surface area contributed by atoms with Gasteiger partial charge >= 0.3 is 6.18 Å². The Bertz CT molecular complexity index is 867. The number of alkyl halides is 3. The van der Waals surface area contributed by atoms with E-state index in [1.807, 2.05) is 0 Å². The van der Waals surface area contributed by atoms with Crippen LogP contribution in [0.4, 0.5) is 13.2 Å². The van der Waals surface area contributed by atoms with E-state index in [-0.39, 0.29) is 12.0 Å². The largest absolute Gasteiger partial charge is 0.435 e. The van der Waals surface area contributed by atoms with Gasteiger partial charge in [-0.3, -0.25) is 4.79 Å². The first-order chi connectivity index (χ1) is 13.4. The Morgan fingerprint density at radius 1 is 1.04 bits per heavy atom. The Hall–Kier alpha value is -2.45. The monoisotopic (exact) mass is 391 g/mol. The van der Waals surface area contributed by atoms with Crippen molar-refractivity contribution in [3.63, 3.8) is 0 Å². The van der Waals surface area contributed by atoms with Crippen molar-refractivity contribution in [3.05, 3.63) is 35.9 Å². The fourth-order valence-electron chi connectivity index (χ4n) is 5.65. The summed E-state index contributed by atoms with van der Waals surface area (Å²) in [5.41, 5.74) is -1.69. The number of nitrogens with one attached hydrogen (secondary N) is 1. The van der Waals surface area contributed by atoms with Gasteiger partial charge in [-0.25, -0.2) is 14.6 Å². The van der Waals surface area contributed by atoms with Gasteiger partial charge in [-0.2, -0.15) is 18.3 Å². The van der Waals surface area contributed by atoms with Crippen LogP contribution < -0.4 is 5.32 Å². The van der Waals surface area contributed by atoms with Gasteiger partial charge in [-0.05, 0) is 61.8 Å². The Labute approximate surface area is 159 Å². The van der Waals surface area contributed by atoms with Crippen LogP contribution in [-0.2, 0) is 6.18 Å². The topological polar surface area (TPSA) is 72.7 Å². The number of halogens is 3. The first-order valence-electron chi connectivity index (χ1n) is 9.63. The van der Waals surface area contributed by atoms with Crippen molar-refractivity contribution in [1.29, 1.82) is 0 Å². The number of carbonyl (C=O) groups excluding carboxylic acids is 1. The Kier molecular flexibility index (Phi) is 3.96. The molecule has 4 aliphatic carbocycles. The highest BCUT2D eigenvalue weighted by Gasteiger charge is 2.49. The Balaban J connectivity index is 1.43. The maximum atomic E-state index is 13.5. The van der Waals surface area contributed by atoms with Crippen LogP contribution in [-0.4, -0.2) is 31.7 Å². The molecule has 4 bridgehead atoms. The van der Waals surface area contributed by atoms with Gasteiger partial charge in [0.05, 0.1) is 5.56 Å². The van der Waals surface area contributed by atoms with Crippen LogP contribution in [0.2, 0.25) is 0 Å². The number of nitrogens with zero attached hydrogens (tertiary/aromatic N) is 4. The minimum Gasteiger partial charge on any atom is -0.349 e. The minimum atomic E-state index is -4.74. The second kappa shape index (κ2) is 6.28. The molecule has 4 saturated carbocycles. The zero-order valence-electron chi connectivity index (χ0n) is 15.1. The van der Waals surface area contributed by atoms with Crippen molar-refractivity contribution >= 4 is 5.91 Å². The van der Waals surface area contributed by atoms with E-state index in [0.29, 0.717) is 11.8 Å². The summed E-state index contributed by atoms with van der Waals surface area (Å²) in [5.74, 6) is 1.47. The molecule has 6 rings (SSSR count). The summed E-state index contributed by atoms with van der Waals surface area (Å²) in [6.07, 6.45) is 4.71. The van der Waals surface area contributed by atoms with Gasteiger partial charge in [0.1, 0.15) is 0 Å². The lowest BCUT2D eigenvalue weighted by atomic mass is 9.54. The maximum absolute atomic E-state index is 13.5. The SMILES string of the molecule is O=C(NC1C2CC3CC(C2)CC1C3)c1cn(-c2ncccn2)nc1C(F)(F)F. The van der Waals surface area contributed by atoms with Crippen LogP contribution in [0, 0.1) is 23.7 Å². The van der Waals surface area contributed by atoms with Crippen molar-refractivity contribution in [2.24, 2.45) is 23.7 Å². The molecular weight excluding hydrogens is 371 g/mol. The second-order valence-corrected chi connectivity index (χ2v) is 8.31. The zero-order valence-corrected chi connectivity index (χ0v) is 15.1. The van der Waals surface area contributed by atoms with Crippen molar-refractivity contribution in [2.45, 2.75) is 44.3 Å². The highest BCUT2D eigenvalue weighted by Crippen LogP contribution is 2.53. The quantitative estimate of drug-likeness (QED) is 0.872. The van der Waals surface area contributed by atoms with Gasteiger partial charge in [-0.1, -0.05) is 0 Å². The predicted octanol–water partition coefficient (Wildman–Crippen LogP) is 3.24. The van der Waals surface area contributed by atoms with Gasteiger partial charge in [0.25, 0.3) is 5.91 Å². The molecule has 6 nitrogen and oxygen atoms in total. The lowest BCUT2D eigenvalue weighted by Gasteiger charge is -2.54. The molecule has 0 spiro atoms. The lowest BCUT2D eigenvalue weighted by molar-refractivity contribution is -0.141. The fourth-order valence-corrected chi connectivity index (χ4v) is 5.65. The van der Waals surface area contributed by atoms with Gasteiger partial charge in [-0.15, -0.1) is 0 Å². The first-order valence-corrected chi connectivity index (χ1v) is 9.63. The normalized spacial score (nSPS) is 31.2. The van der Waals surface area contributed by atoms with Gasteiger partial charge in [0, 0.05) is 24.6 Å². The molecule has 28 heavy (non-hydrogen) atoms. The van der Waals surface area contributed by atoms with E-state index in [1.54, 1.807) is 6.07 Å². The van der Waals surface area contributed by atoms with Crippen molar-refractivity contribution in [2.75, 3.05) is 0 Å². The average molecular weight is 391 g/mol. The van der Waals surface area contributed by atoms with Crippen LogP contribution in [0.25, 0.3) is 5.95 Å². The number of rotatable bonds is 3. The van der Waals surface area contributed by atoms with Crippen LogP contribution in [0.1, 0.15) is 48.2 Å². The molecule has 2 aromatic heterocycles. The van der Waals surface area contributed by atoms with E-state index in [0.717, 1.165) is 48.4 Å². The molecule has 2 heterocycles. The van der Waals surface area contributed by atoms with E-state index in [4.69, 9.17) is 0 Å². The maximum Gasteiger partial charge on any atom is 0.435 e. The molecule has 0 radical (unpaired) electrons. The van der Waals surface area contributed by atoms with Crippen LogP contribution in [0.5, 0.6) is 0 Å². The van der Waals surface area contributed by atoms with Crippen molar-refractivity contribution in [1.82, 2.24) is 25.1 Å². The van der Waals surface area contributed by atoms with E-state index in [9.17, 15) is 18.0 Å². The smallest absolute Gasteiger partial charge is 0.349 e. The molecule has 0 aliphatic heterocycles. The highest BCUT2D eigenvalue weighted by atomic mass is 19.4. The van der Waals surface area contributed by atoms with Crippen LogP contribution in [0.15, 0.2) is 24.7 Å². The molecular formula is C19H20F3N5O. The third-order valence-electron chi connectivity index (χ3n) is 6.51. The number of carbonyl (C=O) groups is 1. The molecule has 4 fully saturated rings. The third-order valence-corrected chi connectivity index (χ3v) is 6.51. The van der Waals surface area contributed by atoms with Gasteiger partial charge in [0.2, 0.25) is 5.95 Å². The Morgan fingerprint density at radius 3 is 2.21 bits per heavy atom. The van der Waals surface area contributed by atoms with E-state index in [1.165, 1.54) is 18.8 Å². The molecule has 0 saturated heterocycles. The van der Waals surface area contributed by atoms with Crippen LogP contribution in [0.3, 0.4) is 0 Å². The molecule has 0 atom stereocenters. The molecule has 1 amide bonds. The van der Waals surface area contributed by atoms with Crippen molar-refractivity contribution < 1.29 is 18.0 Å². The second-order valence-electron chi connectivity index (χ2n) is 8.31. The number of hydrogen-bond donors (Lipinski definition) is 1. The minimum absolute atomic E-state index is 0.0123. The average Bonchev–Trinajstić information content (AvgIpc) is 3.11. The molecule has 0 unspecified atom stereocenters. The van der Waals surface area contributed by atoms with Gasteiger partial charge in [0.15, 0.2) is 5.69 Å². The summed E-state index contributed by atoms with van der Waals surface area (Å²) < 4.78 is 41.4. The molecule has 1 N–H and O–H groups in total. The summed E-state index contributed by atoms with van der Waals surface area (Å²) >= 11 is 0. The molecule has 0 aromatic carbocycles. The van der Waals surface area contributed by atoms with Gasteiger partial charge < -0.3 is 5.32 Å². The summed E-state index contributed by atoms with van der Waals surface area (Å²) in [5, 5.41) is 6.49. The molecule has 2 aromatic rings. The summed E-state index contributed by atoms with van der Waals surface area (Å²) in [4.78, 5) is 20.7. The highest BCUT2D eigenvalue weighted by molar-refractivity contribution is 5.95.